The number of hydrogen-bond acceptors (Lipinski definition) is 3. The Morgan fingerprint density at radius 2 is 1.81 bits per heavy atom. The van der Waals surface area contributed by atoms with Crippen molar-refractivity contribution in [3.05, 3.63) is 83.9 Å². The highest BCUT2D eigenvalue weighted by molar-refractivity contribution is 5.96. The number of aryl methyl sites for hydroxylation is 1. The third kappa shape index (κ3) is 4.01. The predicted molar refractivity (Wildman–Crippen MR) is 123 cm³/mol. The van der Waals surface area contributed by atoms with Gasteiger partial charge in [-0.1, -0.05) is 42.5 Å². The van der Waals surface area contributed by atoms with Crippen LogP contribution in [-0.4, -0.2) is 17.6 Å². The van der Waals surface area contributed by atoms with E-state index in [2.05, 4.69) is 22.9 Å². The summed E-state index contributed by atoms with van der Waals surface area (Å²) in [4.78, 5) is 12.3. The lowest BCUT2D eigenvalue weighted by molar-refractivity contribution is -0.115. The molecule has 1 amide bonds. The number of carbonyl (C=O) groups excluding carboxylic acids is 1. The van der Waals surface area contributed by atoms with Gasteiger partial charge in [0.15, 0.2) is 0 Å². The summed E-state index contributed by atoms with van der Waals surface area (Å²) in [5, 5.41) is 13.7. The number of nitrogens with one attached hydrogen (secondary N) is 1. The molecule has 5 nitrogen and oxygen atoms in total. The number of benzene rings is 3. The van der Waals surface area contributed by atoms with Gasteiger partial charge in [-0.15, -0.1) is 0 Å². The van der Waals surface area contributed by atoms with Gasteiger partial charge in [-0.05, 0) is 42.3 Å². The third-order valence-corrected chi connectivity index (χ3v) is 5.35. The topological polar surface area (TPSA) is 67.0 Å². The summed E-state index contributed by atoms with van der Waals surface area (Å²) in [6, 6.07) is 25.4. The van der Waals surface area contributed by atoms with Crippen LogP contribution in [0.5, 0.6) is 5.75 Å². The van der Waals surface area contributed by atoms with E-state index in [1.54, 1.807) is 7.11 Å². The van der Waals surface area contributed by atoms with Crippen molar-refractivity contribution in [1.82, 2.24) is 4.57 Å². The Morgan fingerprint density at radius 3 is 2.45 bits per heavy atom. The number of rotatable bonds is 6. The average molecular weight is 409 g/mol. The number of hydrogen-bond donors (Lipinski definition) is 1. The Balaban J connectivity index is 1.64. The van der Waals surface area contributed by atoms with Crippen molar-refractivity contribution < 1.29 is 9.53 Å². The molecule has 0 aliphatic carbocycles. The highest BCUT2D eigenvalue weighted by atomic mass is 16.5. The van der Waals surface area contributed by atoms with Crippen molar-refractivity contribution in [3.63, 3.8) is 0 Å². The molecule has 0 aliphatic heterocycles. The number of nitriles is 1. The molecule has 5 heteroatoms. The van der Waals surface area contributed by atoms with Crippen LogP contribution in [0.4, 0.5) is 5.69 Å². The molecule has 0 spiro atoms. The second-order valence-corrected chi connectivity index (χ2v) is 7.25. The molecule has 1 N–H and O–H groups in total. The number of aromatic nitrogens is 1. The van der Waals surface area contributed by atoms with Crippen LogP contribution >= 0.6 is 0 Å². The minimum atomic E-state index is -0.0635. The van der Waals surface area contributed by atoms with Gasteiger partial charge in [-0.3, -0.25) is 4.79 Å². The van der Waals surface area contributed by atoms with Crippen LogP contribution in [0, 0.1) is 11.3 Å². The van der Waals surface area contributed by atoms with Crippen LogP contribution in [0.25, 0.3) is 22.2 Å². The number of fused-ring (bicyclic) bond motifs is 1. The molecule has 3 aromatic carbocycles. The molecular weight excluding hydrogens is 386 g/mol. The molecule has 0 unspecified atom stereocenters. The molecule has 0 aliphatic rings. The van der Waals surface area contributed by atoms with Crippen LogP contribution in [0.3, 0.4) is 0 Å². The molecule has 31 heavy (non-hydrogen) atoms. The summed E-state index contributed by atoms with van der Waals surface area (Å²) in [6.07, 6.45) is 0.326. The Kier molecular flexibility index (Phi) is 5.72. The quantitative estimate of drug-likeness (QED) is 0.464. The summed E-state index contributed by atoms with van der Waals surface area (Å²) in [5.41, 5.74) is 5.10. The highest BCUT2D eigenvalue weighted by Gasteiger charge is 2.18. The monoisotopic (exact) mass is 409 g/mol. The van der Waals surface area contributed by atoms with Gasteiger partial charge in [0.1, 0.15) is 11.8 Å². The molecule has 4 aromatic rings. The second-order valence-electron chi connectivity index (χ2n) is 7.25. The Hall–Kier alpha value is -4.04. The second kappa shape index (κ2) is 8.76. The zero-order valence-corrected chi connectivity index (χ0v) is 17.6. The number of amides is 1. The Morgan fingerprint density at radius 1 is 1.06 bits per heavy atom. The molecule has 4 rings (SSSR count). The van der Waals surface area contributed by atoms with E-state index >= 15 is 0 Å². The third-order valence-electron chi connectivity index (χ3n) is 5.35. The zero-order valence-electron chi connectivity index (χ0n) is 17.6. The van der Waals surface area contributed by atoms with Crippen LogP contribution in [0.1, 0.15) is 18.1 Å². The van der Waals surface area contributed by atoms with Gasteiger partial charge in [0.25, 0.3) is 0 Å². The molecule has 0 saturated heterocycles. The number of ether oxygens (including phenoxy) is 1. The van der Waals surface area contributed by atoms with Gasteiger partial charge in [-0.2, -0.15) is 5.26 Å². The molecule has 0 radical (unpaired) electrons. The molecule has 0 saturated carbocycles. The maximum atomic E-state index is 12.3. The van der Waals surface area contributed by atoms with Crippen LogP contribution in [-0.2, 0) is 17.8 Å². The SMILES string of the molecule is CCn1c(-c2ccc(NC(=O)Cc3ccccc3)cc2)c(C#N)c2ccc(OC)cc21. The predicted octanol–water partition coefficient (Wildman–Crippen LogP) is 5.39. The first kappa shape index (κ1) is 20.2. The lowest BCUT2D eigenvalue weighted by Gasteiger charge is -2.11. The van der Waals surface area contributed by atoms with E-state index in [4.69, 9.17) is 4.74 Å². The van der Waals surface area contributed by atoms with Crippen molar-refractivity contribution in [2.24, 2.45) is 0 Å². The average Bonchev–Trinajstić information content (AvgIpc) is 3.12. The first-order valence-corrected chi connectivity index (χ1v) is 10.2. The summed E-state index contributed by atoms with van der Waals surface area (Å²) in [6.45, 7) is 2.78. The molecule has 1 aromatic heterocycles. The van der Waals surface area contributed by atoms with Gasteiger partial charge in [0.05, 0.1) is 30.3 Å². The number of carbonyl (C=O) groups is 1. The fraction of sp³-hybridized carbons (Fsp3) is 0.154. The molecular formula is C26H23N3O2. The van der Waals surface area contributed by atoms with Gasteiger partial charge in [0, 0.05) is 23.7 Å². The molecule has 1 heterocycles. The normalized spacial score (nSPS) is 10.6. The number of methoxy groups -OCH3 is 1. The van der Waals surface area contributed by atoms with Crippen molar-refractivity contribution in [3.8, 4) is 23.1 Å². The summed E-state index contributed by atoms with van der Waals surface area (Å²) in [7, 11) is 1.64. The summed E-state index contributed by atoms with van der Waals surface area (Å²) in [5.74, 6) is 0.693. The van der Waals surface area contributed by atoms with Gasteiger partial charge < -0.3 is 14.6 Å². The molecule has 0 bridgehead atoms. The van der Waals surface area contributed by atoms with Gasteiger partial charge >= 0.3 is 0 Å². The first-order chi connectivity index (χ1) is 15.1. The largest absolute Gasteiger partial charge is 0.497 e. The summed E-state index contributed by atoms with van der Waals surface area (Å²) >= 11 is 0. The van der Waals surface area contributed by atoms with E-state index in [9.17, 15) is 10.1 Å². The van der Waals surface area contributed by atoms with E-state index in [1.807, 2.05) is 72.8 Å². The summed E-state index contributed by atoms with van der Waals surface area (Å²) < 4.78 is 7.49. The minimum absolute atomic E-state index is 0.0635. The Labute approximate surface area is 181 Å². The standard InChI is InChI=1S/C26H23N3O2/c1-3-29-24-16-21(31-2)13-14-22(24)23(17-27)26(29)19-9-11-20(12-10-19)28-25(30)15-18-7-5-4-6-8-18/h4-14,16H,3,15H2,1-2H3,(H,28,30). The van der Waals surface area contributed by atoms with Crippen molar-refractivity contribution in [2.75, 3.05) is 12.4 Å². The van der Waals surface area contributed by atoms with Gasteiger partial charge in [-0.25, -0.2) is 0 Å². The van der Waals surface area contributed by atoms with Crippen LogP contribution in [0.15, 0.2) is 72.8 Å². The fourth-order valence-electron chi connectivity index (χ4n) is 3.90. The van der Waals surface area contributed by atoms with E-state index in [0.29, 0.717) is 12.0 Å². The molecule has 0 fully saturated rings. The van der Waals surface area contributed by atoms with Crippen LogP contribution < -0.4 is 10.1 Å². The van der Waals surface area contributed by atoms with Crippen molar-refractivity contribution in [2.45, 2.75) is 19.9 Å². The highest BCUT2D eigenvalue weighted by Crippen LogP contribution is 2.35. The minimum Gasteiger partial charge on any atom is -0.497 e. The smallest absolute Gasteiger partial charge is 0.228 e. The van der Waals surface area contributed by atoms with Gasteiger partial charge in [0.2, 0.25) is 5.91 Å². The lowest BCUT2D eigenvalue weighted by Crippen LogP contribution is -2.14. The number of anilines is 1. The lowest BCUT2D eigenvalue weighted by atomic mass is 10.1. The number of nitrogens with zero attached hydrogens (tertiary/aromatic N) is 2. The fourth-order valence-corrected chi connectivity index (χ4v) is 3.90. The first-order valence-electron chi connectivity index (χ1n) is 10.2. The van der Waals surface area contributed by atoms with Crippen LogP contribution in [0.2, 0.25) is 0 Å². The Bertz CT molecular complexity index is 1270. The maximum absolute atomic E-state index is 12.3. The van der Waals surface area contributed by atoms with E-state index in [0.717, 1.165) is 45.7 Å². The maximum Gasteiger partial charge on any atom is 0.228 e. The molecule has 154 valence electrons. The van der Waals surface area contributed by atoms with Crippen molar-refractivity contribution >= 4 is 22.5 Å². The van der Waals surface area contributed by atoms with Crippen molar-refractivity contribution in [1.29, 1.82) is 5.26 Å². The zero-order chi connectivity index (χ0) is 21.8. The molecule has 0 atom stereocenters. The van der Waals surface area contributed by atoms with E-state index in [-0.39, 0.29) is 5.91 Å². The van der Waals surface area contributed by atoms with E-state index < -0.39 is 0 Å². The van der Waals surface area contributed by atoms with E-state index in [1.165, 1.54) is 0 Å².